The molecule has 0 bridgehead atoms. The van der Waals surface area contributed by atoms with E-state index in [2.05, 4.69) is 15.5 Å². The van der Waals surface area contributed by atoms with Gasteiger partial charge in [-0.05, 0) is 46.8 Å². The summed E-state index contributed by atoms with van der Waals surface area (Å²) in [6.45, 7) is 0. The molecule has 2 aromatic carbocycles. The van der Waals surface area contributed by atoms with Crippen molar-refractivity contribution in [2.24, 2.45) is 0 Å². The van der Waals surface area contributed by atoms with E-state index < -0.39 is 5.82 Å². The zero-order valence-corrected chi connectivity index (χ0v) is 12.0. The number of anilines is 1. The van der Waals surface area contributed by atoms with E-state index in [9.17, 15) is 4.39 Å². The van der Waals surface area contributed by atoms with Crippen molar-refractivity contribution in [3.63, 3.8) is 0 Å². The highest BCUT2D eigenvalue weighted by Crippen LogP contribution is 2.26. The molecule has 0 radical (unpaired) electrons. The van der Waals surface area contributed by atoms with Crippen molar-refractivity contribution in [3.8, 4) is 17.1 Å². The zero-order valence-electron chi connectivity index (χ0n) is 10.5. The highest BCUT2D eigenvalue weighted by Gasteiger charge is 2.13. The van der Waals surface area contributed by atoms with Gasteiger partial charge in [-0.15, -0.1) is 5.10 Å². The van der Waals surface area contributed by atoms with Crippen LogP contribution < -0.4 is 5.73 Å². The van der Waals surface area contributed by atoms with Gasteiger partial charge >= 0.3 is 0 Å². The van der Waals surface area contributed by atoms with E-state index in [1.54, 1.807) is 24.3 Å². The van der Waals surface area contributed by atoms with Gasteiger partial charge in [-0.3, -0.25) is 0 Å². The fourth-order valence-corrected chi connectivity index (χ4v) is 2.46. The fraction of sp³-hybridized carbons (Fsp3) is 0. The maximum Gasteiger partial charge on any atom is 0.187 e. The highest BCUT2D eigenvalue weighted by atomic mass is 35.5. The van der Waals surface area contributed by atoms with Crippen LogP contribution in [0.2, 0.25) is 10.0 Å². The standard InChI is InChI=1S/C13H8Cl2FN5/c14-8-3-9(15)5-12(4-8)21-13(18-19-20-21)7-1-10(16)6-11(17)2-7/h1-6H,17H2. The Morgan fingerprint density at radius 1 is 1.00 bits per heavy atom. The lowest BCUT2D eigenvalue weighted by molar-refractivity contribution is 0.628. The summed E-state index contributed by atoms with van der Waals surface area (Å²) in [5.41, 5.74) is 6.94. The van der Waals surface area contributed by atoms with Gasteiger partial charge in [-0.1, -0.05) is 23.2 Å². The predicted octanol–water partition coefficient (Wildman–Crippen LogP) is 3.36. The number of halogens is 3. The van der Waals surface area contributed by atoms with Gasteiger partial charge in [0.05, 0.1) is 5.69 Å². The number of nitrogens with two attached hydrogens (primary N) is 1. The van der Waals surface area contributed by atoms with Crippen molar-refractivity contribution in [3.05, 3.63) is 52.3 Å². The summed E-state index contributed by atoms with van der Waals surface area (Å²) in [5, 5.41) is 12.3. The summed E-state index contributed by atoms with van der Waals surface area (Å²) in [4.78, 5) is 0. The van der Waals surface area contributed by atoms with Gasteiger partial charge in [0.1, 0.15) is 5.82 Å². The van der Waals surface area contributed by atoms with Gasteiger partial charge in [0.15, 0.2) is 5.82 Å². The molecule has 2 N–H and O–H groups in total. The number of aromatic nitrogens is 4. The van der Waals surface area contributed by atoms with Crippen molar-refractivity contribution in [1.82, 2.24) is 20.2 Å². The largest absolute Gasteiger partial charge is 0.399 e. The summed E-state index contributed by atoms with van der Waals surface area (Å²) >= 11 is 11.9. The number of rotatable bonds is 2. The number of tetrazole rings is 1. The van der Waals surface area contributed by atoms with Crippen LogP contribution >= 0.6 is 23.2 Å². The van der Waals surface area contributed by atoms with Crippen LogP contribution in [-0.4, -0.2) is 20.2 Å². The first-order chi connectivity index (χ1) is 10.0. The molecule has 3 rings (SSSR count). The lowest BCUT2D eigenvalue weighted by atomic mass is 10.2. The highest BCUT2D eigenvalue weighted by molar-refractivity contribution is 6.34. The molecule has 106 valence electrons. The third kappa shape index (κ3) is 2.81. The topological polar surface area (TPSA) is 69.6 Å². The Bertz CT molecular complexity index is 712. The Labute approximate surface area is 129 Å². The van der Waals surface area contributed by atoms with Crippen molar-refractivity contribution in [2.45, 2.75) is 0 Å². The van der Waals surface area contributed by atoms with Gasteiger partial charge in [0.25, 0.3) is 0 Å². The van der Waals surface area contributed by atoms with Crippen molar-refractivity contribution in [2.75, 3.05) is 5.73 Å². The molecule has 0 atom stereocenters. The molecular weight excluding hydrogens is 316 g/mol. The van der Waals surface area contributed by atoms with Crippen LogP contribution in [0.3, 0.4) is 0 Å². The molecule has 0 spiro atoms. The SMILES string of the molecule is Nc1cc(F)cc(-c2nnnn2-c2cc(Cl)cc(Cl)c2)c1. The van der Waals surface area contributed by atoms with E-state index in [-0.39, 0.29) is 5.69 Å². The van der Waals surface area contributed by atoms with Crippen LogP contribution in [0.5, 0.6) is 0 Å². The molecular formula is C13H8Cl2FN5. The number of hydrogen-bond donors (Lipinski definition) is 1. The van der Waals surface area contributed by atoms with E-state index in [0.717, 1.165) is 0 Å². The van der Waals surface area contributed by atoms with Crippen LogP contribution in [-0.2, 0) is 0 Å². The Hall–Kier alpha value is -2.18. The number of benzene rings is 2. The zero-order chi connectivity index (χ0) is 15.0. The van der Waals surface area contributed by atoms with E-state index in [0.29, 0.717) is 27.1 Å². The van der Waals surface area contributed by atoms with E-state index >= 15 is 0 Å². The second-order valence-electron chi connectivity index (χ2n) is 4.32. The van der Waals surface area contributed by atoms with Gasteiger partial charge in [-0.2, -0.15) is 4.68 Å². The molecule has 0 aliphatic heterocycles. The summed E-state index contributed by atoms with van der Waals surface area (Å²) < 4.78 is 14.9. The van der Waals surface area contributed by atoms with Crippen LogP contribution in [0.1, 0.15) is 0 Å². The summed E-state index contributed by atoms with van der Waals surface area (Å²) in [6.07, 6.45) is 0. The molecule has 3 aromatic rings. The average molecular weight is 324 g/mol. The van der Waals surface area contributed by atoms with Crippen molar-refractivity contribution < 1.29 is 4.39 Å². The number of nitrogens with zero attached hydrogens (tertiary/aromatic N) is 4. The molecule has 0 saturated heterocycles. The second kappa shape index (κ2) is 5.31. The molecule has 8 heteroatoms. The first kappa shape index (κ1) is 13.8. The molecule has 0 fully saturated rings. The minimum absolute atomic E-state index is 0.281. The summed E-state index contributed by atoms with van der Waals surface area (Å²) in [7, 11) is 0. The Morgan fingerprint density at radius 3 is 2.38 bits per heavy atom. The molecule has 5 nitrogen and oxygen atoms in total. The van der Waals surface area contributed by atoms with Gasteiger partial charge in [-0.25, -0.2) is 4.39 Å². The first-order valence-electron chi connectivity index (χ1n) is 5.84. The maximum atomic E-state index is 13.5. The third-order valence-electron chi connectivity index (χ3n) is 2.74. The Balaban J connectivity index is 2.16. The second-order valence-corrected chi connectivity index (χ2v) is 5.19. The summed E-state index contributed by atoms with van der Waals surface area (Å²) in [5.74, 6) is -0.136. The molecule has 21 heavy (non-hydrogen) atoms. The maximum absolute atomic E-state index is 13.5. The molecule has 1 aromatic heterocycles. The van der Waals surface area contributed by atoms with Crippen LogP contribution in [0.25, 0.3) is 17.1 Å². The van der Waals surface area contributed by atoms with Crippen LogP contribution in [0.4, 0.5) is 10.1 Å². The van der Waals surface area contributed by atoms with Gasteiger partial charge < -0.3 is 5.73 Å². The van der Waals surface area contributed by atoms with Crippen LogP contribution in [0, 0.1) is 5.82 Å². The van der Waals surface area contributed by atoms with Crippen molar-refractivity contribution >= 4 is 28.9 Å². The third-order valence-corrected chi connectivity index (χ3v) is 3.18. The fourth-order valence-electron chi connectivity index (χ4n) is 1.94. The number of nitrogen functional groups attached to an aromatic ring is 1. The summed E-state index contributed by atoms with van der Waals surface area (Å²) in [6, 6.07) is 8.98. The minimum atomic E-state index is -0.469. The molecule has 0 aliphatic carbocycles. The minimum Gasteiger partial charge on any atom is -0.399 e. The lowest BCUT2D eigenvalue weighted by Gasteiger charge is -2.06. The molecule has 1 heterocycles. The number of hydrogen-bond acceptors (Lipinski definition) is 4. The lowest BCUT2D eigenvalue weighted by Crippen LogP contribution is -2.01. The Morgan fingerprint density at radius 2 is 1.71 bits per heavy atom. The van der Waals surface area contributed by atoms with E-state index in [1.165, 1.54) is 16.8 Å². The predicted molar refractivity (Wildman–Crippen MR) is 79.0 cm³/mol. The smallest absolute Gasteiger partial charge is 0.187 e. The normalized spacial score (nSPS) is 10.8. The van der Waals surface area contributed by atoms with Crippen molar-refractivity contribution in [1.29, 1.82) is 0 Å². The quantitative estimate of drug-likeness (QED) is 0.734. The molecule has 0 unspecified atom stereocenters. The molecule has 0 amide bonds. The monoisotopic (exact) mass is 323 g/mol. The molecule has 0 saturated carbocycles. The first-order valence-corrected chi connectivity index (χ1v) is 6.60. The van der Waals surface area contributed by atoms with Gasteiger partial charge in [0, 0.05) is 21.3 Å². The molecule has 0 aliphatic rings. The Kier molecular flexibility index (Phi) is 3.48. The van der Waals surface area contributed by atoms with E-state index in [1.807, 2.05) is 0 Å². The van der Waals surface area contributed by atoms with Crippen LogP contribution in [0.15, 0.2) is 36.4 Å². The van der Waals surface area contributed by atoms with Gasteiger partial charge in [0.2, 0.25) is 0 Å². The average Bonchev–Trinajstić information content (AvgIpc) is 2.85. The van der Waals surface area contributed by atoms with E-state index in [4.69, 9.17) is 28.9 Å².